The molecule has 0 bridgehead atoms. The summed E-state index contributed by atoms with van der Waals surface area (Å²) in [5.41, 5.74) is 1.43. The Balaban J connectivity index is 1.30. The molecular weight excluding hydrogens is 521 g/mol. The molecular formula is C26H23F3N4O6. The number of nitrogens with zero attached hydrogens (tertiary/aromatic N) is 3. The number of amides is 1. The number of anilines is 1. The molecule has 0 atom stereocenters. The fourth-order valence-electron chi connectivity index (χ4n) is 4.46. The summed E-state index contributed by atoms with van der Waals surface area (Å²) < 4.78 is 41.0. The van der Waals surface area contributed by atoms with Crippen molar-refractivity contribution in [2.45, 2.75) is 31.7 Å². The van der Waals surface area contributed by atoms with Crippen molar-refractivity contribution in [3.63, 3.8) is 0 Å². The first-order chi connectivity index (χ1) is 18.5. The standard InChI is InChI=1S/C26H23F3N4O6/c27-26(28,29)39-24-7-3-18(4-8-24)19-9-11-31(12-10-19)21-5-1-17(2-6-21)16-30-25(34)20-13-22(32(35)36)15-23(14-20)33(37)38/h1-8,13-15,19H,9-12,16H2,(H,30,34). The molecule has 10 nitrogen and oxygen atoms in total. The fourth-order valence-corrected chi connectivity index (χ4v) is 4.46. The van der Waals surface area contributed by atoms with E-state index in [9.17, 15) is 38.2 Å². The Bertz CT molecular complexity index is 1320. The van der Waals surface area contributed by atoms with Gasteiger partial charge in [-0.25, -0.2) is 0 Å². The minimum atomic E-state index is -4.72. The number of piperidine rings is 1. The third kappa shape index (κ3) is 7.21. The Kier molecular flexibility index (Phi) is 7.98. The number of ether oxygens (including phenoxy) is 1. The molecule has 1 aliphatic heterocycles. The van der Waals surface area contributed by atoms with Gasteiger partial charge < -0.3 is 15.0 Å². The molecule has 0 spiro atoms. The van der Waals surface area contributed by atoms with Gasteiger partial charge in [0.1, 0.15) is 5.75 Å². The van der Waals surface area contributed by atoms with Gasteiger partial charge in [-0.15, -0.1) is 13.2 Å². The number of alkyl halides is 3. The number of carbonyl (C=O) groups excluding carboxylic acids is 1. The largest absolute Gasteiger partial charge is 0.573 e. The van der Waals surface area contributed by atoms with E-state index in [1.165, 1.54) is 12.1 Å². The summed E-state index contributed by atoms with van der Waals surface area (Å²) in [5, 5.41) is 24.7. The third-order valence-corrected chi connectivity index (χ3v) is 6.42. The minimum Gasteiger partial charge on any atom is -0.406 e. The van der Waals surface area contributed by atoms with Gasteiger partial charge in [0, 0.05) is 37.5 Å². The number of hydrogen-bond acceptors (Lipinski definition) is 7. The van der Waals surface area contributed by atoms with Gasteiger partial charge >= 0.3 is 6.36 Å². The van der Waals surface area contributed by atoms with E-state index in [0.29, 0.717) is 0 Å². The molecule has 13 heteroatoms. The van der Waals surface area contributed by atoms with E-state index < -0.39 is 33.5 Å². The van der Waals surface area contributed by atoms with E-state index in [1.54, 1.807) is 12.1 Å². The van der Waals surface area contributed by atoms with Gasteiger partial charge in [-0.2, -0.15) is 0 Å². The van der Waals surface area contributed by atoms with Gasteiger partial charge in [-0.1, -0.05) is 24.3 Å². The van der Waals surface area contributed by atoms with Crippen molar-refractivity contribution in [2.75, 3.05) is 18.0 Å². The first-order valence-corrected chi connectivity index (χ1v) is 11.9. The van der Waals surface area contributed by atoms with Crippen LogP contribution in [0.3, 0.4) is 0 Å². The van der Waals surface area contributed by atoms with Crippen LogP contribution in [0.25, 0.3) is 0 Å². The number of carbonyl (C=O) groups is 1. The number of nitrogens with one attached hydrogen (secondary N) is 1. The lowest BCUT2D eigenvalue weighted by molar-refractivity contribution is -0.394. The average Bonchev–Trinajstić information content (AvgIpc) is 2.91. The van der Waals surface area contributed by atoms with Crippen LogP contribution in [0.5, 0.6) is 5.75 Å². The number of rotatable bonds is 8. The number of nitro groups is 2. The van der Waals surface area contributed by atoms with Crippen LogP contribution in [0.4, 0.5) is 30.2 Å². The Labute approximate surface area is 220 Å². The highest BCUT2D eigenvalue weighted by Crippen LogP contribution is 2.32. The van der Waals surface area contributed by atoms with Crippen LogP contribution in [0, 0.1) is 20.2 Å². The smallest absolute Gasteiger partial charge is 0.406 e. The predicted molar refractivity (Wildman–Crippen MR) is 135 cm³/mol. The molecule has 0 unspecified atom stereocenters. The molecule has 0 saturated carbocycles. The van der Waals surface area contributed by atoms with Gasteiger partial charge in [-0.05, 0) is 54.2 Å². The lowest BCUT2D eigenvalue weighted by atomic mass is 9.89. The summed E-state index contributed by atoms with van der Waals surface area (Å²) in [4.78, 5) is 35.2. The van der Waals surface area contributed by atoms with Crippen molar-refractivity contribution in [3.05, 3.63) is 104 Å². The predicted octanol–water partition coefficient (Wildman–Crippen LogP) is 5.72. The quantitative estimate of drug-likeness (QED) is 0.284. The van der Waals surface area contributed by atoms with E-state index in [0.717, 1.165) is 60.9 Å². The zero-order chi connectivity index (χ0) is 28.2. The molecule has 204 valence electrons. The van der Waals surface area contributed by atoms with Crippen molar-refractivity contribution < 1.29 is 32.5 Å². The average molecular weight is 544 g/mol. The minimum absolute atomic E-state index is 0.117. The highest BCUT2D eigenvalue weighted by atomic mass is 19.4. The maximum absolute atomic E-state index is 12.5. The Morgan fingerprint density at radius 3 is 2.00 bits per heavy atom. The first-order valence-electron chi connectivity index (χ1n) is 11.9. The van der Waals surface area contributed by atoms with Gasteiger partial charge in [0.05, 0.1) is 21.5 Å². The molecule has 0 aromatic heterocycles. The van der Waals surface area contributed by atoms with Gasteiger partial charge in [0.2, 0.25) is 0 Å². The first kappa shape index (κ1) is 27.4. The Morgan fingerprint density at radius 2 is 1.49 bits per heavy atom. The Morgan fingerprint density at radius 1 is 0.923 bits per heavy atom. The number of non-ortho nitro benzene ring substituents is 2. The summed E-state index contributed by atoms with van der Waals surface area (Å²) in [6.07, 6.45) is -3.07. The van der Waals surface area contributed by atoms with E-state index in [-0.39, 0.29) is 23.8 Å². The summed E-state index contributed by atoms with van der Waals surface area (Å²) >= 11 is 0. The number of hydrogen-bond donors (Lipinski definition) is 1. The van der Waals surface area contributed by atoms with Crippen molar-refractivity contribution in [1.29, 1.82) is 0 Å². The molecule has 1 aliphatic rings. The second-order valence-corrected chi connectivity index (χ2v) is 8.98. The maximum Gasteiger partial charge on any atom is 0.573 e. The molecule has 3 aromatic rings. The van der Waals surface area contributed by atoms with E-state index in [4.69, 9.17) is 0 Å². The van der Waals surface area contributed by atoms with E-state index in [1.807, 2.05) is 24.3 Å². The third-order valence-electron chi connectivity index (χ3n) is 6.42. The summed E-state index contributed by atoms with van der Waals surface area (Å²) in [6, 6.07) is 16.2. The van der Waals surface area contributed by atoms with Crippen molar-refractivity contribution >= 4 is 23.0 Å². The summed E-state index contributed by atoms with van der Waals surface area (Å²) in [5.74, 6) is -0.697. The van der Waals surface area contributed by atoms with Crippen LogP contribution in [0.1, 0.15) is 40.2 Å². The lowest BCUT2D eigenvalue weighted by Gasteiger charge is -2.34. The second-order valence-electron chi connectivity index (χ2n) is 8.98. The highest BCUT2D eigenvalue weighted by Gasteiger charge is 2.31. The molecule has 3 aromatic carbocycles. The van der Waals surface area contributed by atoms with Crippen molar-refractivity contribution in [3.8, 4) is 5.75 Å². The molecule has 1 fully saturated rings. The zero-order valence-corrected chi connectivity index (χ0v) is 20.4. The number of halogens is 3. The molecule has 39 heavy (non-hydrogen) atoms. The second kappa shape index (κ2) is 11.4. The Hall–Kier alpha value is -4.68. The normalized spacial score (nSPS) is 14.1. The van der Waals surface area contributed by atoms with Crippen molar-refractivity contribution in [2.24, 2.45) is 0 Å². The summed E-state index contributed by atoms with van der Waals surface area (Å²) in [6.45, 7) is 1.63. The van der Waals surface area contributed by atoms with Crippen molar-refractivity contribution in [1.82, 2.24) is 5.32 Å². The van der Waals surface area contributed by atoms with Crippen LogP contribution >= 0.6 is 0 Å². The molecule has 1 heterocycles. The van der Waals surface area contributed by atoms with E-state index in [2.05, 4.69) is 15.0 Å². The molecule has 1 N–H and O–H groups in total. The lowest BCUT2D eigenvalue weighted by Crippen LogP contribution is -2.32. The maximum atomic E-state index is 12.5. The molecule has 0 radical (unpaired) electrons. The van der Waals surface area contributed by atoms with Gasteiger partial charge in [0.15, 0.2) is 0 Å². The SMILES string of the molecule is O=C(NCc1ccc(N2CCC(c3ccc(OC(F)(F)F)cc3)CC2)cc1)c1cc([N+](=O)[O-])cc([N+](=O)[O-])c1. The van der Waals surface area contributed by atoms with Crippen LogP contribution < -0.4 is 15.0 Å². The van der Waals surface area contributed by atoms with Gasteiger partial charge in [0.25, 0.3) is 17.3 Å². The molecule has 1 saturated heterocycles. The monoisotopic (exact) mass is 544 g/mol. The number of nitro benzene ring substituents is 2. The highest BCUT2D eigenvalue weighted by molar-refractivity contribution is 5.95. The molecule has 1 amide bonds. The topological polar surface area (TPSA) is 128 Å². The molecule has 0 aliphatic carbocycles. The van der Waals surface area contributed by atoms with Crippen LogP contribution in [-0.2, 0) is 6.54 Å². The molecule has 4 rings (SSSR count). The van der Waals surface area contributed by atoms with Crippen LogP contribution in [0.15, 0.2) is 66.7 Å². The summed E-state index contributed by atoms with van der Waals surface area (Å²) in [7, 11) is 0. The van der Waals surface area contributed by atoms with Crippen LogP contribution in [-0.4, -0.2) is 35.2 Å². The van der Waals surface area contributed by atoms with Crippen LogP contribution in [0.2, 0.25) is 0 Å². The number of benzene rings is 3. The zero-order valence-electron chi connectivity index (χ0n) is 20.4. The van der Waals surface area contributed by atoms with Gasteiger partial charge in [-0.3, -0.25) is 25.0 Å². The van der Waals surface area contributed by atoms with E-state index >= 15 is 0 Å². The fraction of sp³-hybridized carbons (Fsp3) is 0.269.